The van der Waals surface area contributed by atoms with Crippen LogP contribution in [-0.2, 0) is 22.4 Å². The molecule has 0 saturated carbocycles. The number of hydrogen-bond donors (Lipinski definition) is 1. The highest BCUT2D eigenvalue weighted by Crippen LogP contribution is 2.41. The number of amides is 2. The predicted molar refractivity (Wildman–Crippen MR) is 115 cm³/mol. The minimum atomic E-state index is 0.0812. The van der Waals surface area contributed by atoms with Crippen LogP contribution in [-0.4, -0.2) is 43.5 Å². The average molecular weight is 393 g/mol. The van der Waals surface area contributed by atoms with Gasteiger partial charge in [0, 0.05) is 56.8 Å². The van der Waals surface area contributed by atoms with E-state index in [1.807, 2.05) is 26.4 Å². The molecule has 0 aliphatic carbocycles. The van der Waals surface area contributed by atoms with Gasteiger partial charge in [0.1, 0.15) is 0 Å². The summed E-state index contributed by atoms with van der Waals surface area (Å²) in [5.41, 5.74) is 6.87. The van der Waals surface area contributed by atoms with Crippen LogP contribution in [0.1, 0.15) is 37.3 Å². The van der Waals surface area contributed by atoms with Gasteiger partial charge in [-0.1, -0.05) is 25.1 Å². The third kappa shape index (κ3) is 3.71. The lowest BCUT2D eigenvalue weighted by Gasteiger charge is -2.33. The molecule has 0 bridgehead atoms. The second-order valence-electron chi connectivity index (χ2n) is 7.74. The molecule has 6 heteroatoms. The van der Waals surface area contributed by atoms with Crippen LogP contribution in [0.2, 0.25) is 0 Å². The van der Waals surface area contributed by atoms with Crippen LogP contribution < -0.4 is 15.1 Å². The Kier molecular flexibility index (Phi) is 5.51. The summed E-state index contributed by atoms with van der Waals surface area (Å²) in [6.45, 7) is 4.24. The summed E-state index contributed by atoms with van der Waals surface area (Å²) in [6, 6.07) is 6.30. The van der Waals surface area contributed by atoms with Crippen LogP contribution in [0, 0.1) is 0 Å². The summed E-state index contributed by atoms with van der Waals surface area (Å²) in [6.07, 6.45) is 7.79. The Morgan fingerprint density at radius 2 is 2.03 bits per heavy atom. The fourth-order valence-corrected chi connectivity index (χ4v) is 4.44. The Bertz CT molecular complexity index is 940. The monoisotopic (exact) mass is 392 g/mol. The number of carbonyl (C=O) groups is 2. The first-order valence-corrected chi connectivity index (χ1v) is 10.5. The fourth-order valence-electron chi connectivity index (χ4n) is 4.44. The molecule has 1 aromatic heterocycles. The summed E-state index contributed by atoms with van der Waals surface area (Å²) in [5, 5.41) is 2.96. The number of carbonyl (C=O) groups excluding carboxylic acids is 2. The molecule has 2 amide bonds. The van der Waals surface area contributed by atoms with Gasteiger partial charge in [-0.3, -0.25) is 14.6 Å². The van der Waals surface area contributed by atoms with Crippen LogP contribution in [0.5, 0.6) is 0 Å². The molecule has 6 nitrogen and oxygen atoms in total. The van der Waals surface area contributed by atoms with E-state index in [-0.39, 0.29) is 11.8 Å². The van der Waals surface area contributed by atoms with E-state index in [2.05, 4.69) is 33.4 Å². The lowest BCUT2D eigenvalue weighted by atomic mass is 9.89. The van der Waals surface area contributed by atoms with Gasteiger partial charge in [-0.2, -0.15) is 0 Å². The van der Waals surface area contributed by atoms with Gasteiger partial charge in [-0.05, 0) is 30.4 Å². The third-order valence-corrected chi connectivity index (χ3v) is 5.98. The molecule has 1 N–H and O–H groups in total. The van der Waals surface area contributed by atoms with E-state index in [0.717, 1.165) is 54.9 Å². The van der Waals surface area contributed by atoms with Crippen molar-refractivity contribution in [2.45, 2.75) is 39.0 Å². The van der Waals surface area contributed by atoms with Gasteiger partial charge in [0.25, 0.3) is 0 Å². The van der Waals surface area contributed by atoms with Crippen LogP contribution in [0.4, 0.5) is 11.4 Å². The van der Waals surface area contributed by atoms with E-state index >= 15 is 0 Å². The van der Waals surface area contributed by atoms with Crippen molar-refractivity contribution in [2.24, 2.45) is 0 Å². The van der Waals surface area contributed by atoms with Crippen molar-refractivity contribution in [3.63, 3.8) is 0 Å². The summed E-state index contributed by atoms with van der Waals surface area (Å²) in [5.74, 6) is 0.244. The summed E-state index contributed by atoms with van der Waals surface area (Å²) in [7, 11) is 1.87. The Balaban J connectivity index is 1.69. The number of rotatable bonds is 5. The minimum absolute atomic E-state index is 0.0812. The van der Waals surface area contributed by atoms with Crippen molar-refractivity contribution < 1.29 is 9.59 Å². The summed E-state index contributed by atoms with van der Waals surface area (Å²) in [4.78, 5) is 32.6. The molecule has 0 fully saturated rings. The number of para-hydroxylation sites is 1. The second kappa shape index (κ2) is 8.23. The van der Waals surface area contributed by atoms with Crippen LogP contribution >= 0.6 is 0 Å². The van der Waals surface area contributed by atoms with E-state index in [0.29, 0.717) is 19.4 Å². The Morgan fingerprint density at radius 3 is 2.86 bits per heavy atom. The van der Waals surface area contributed by atoms with Crippen molar-refractivity contribution in [2.75, 3.05) is 36.5 Å². The smallest absolute Gasteiger partial charge is 0.227 e. The minimum Gasteiger partial charge on any atom is -0.368 e. The highest BCUT2D eigenvalue weighted by molar-refractivity contribution is 6.01. The van der Waals surface area contributed by atoms with E-state index in [9.17, 15) is 9.59 Å². The maximum atomic E-state index is 12.3. The first kappa shape index (κ1) is 19.4. The Morgan fingerprint density at radius 1 is 1.17 bits per heavy atom. The molecule has 0 radical (unpaired) electrons. The van der Waals surface area contributed by atoms with Crippen molar-refractivity contribution in [3.05, 3.63) is 41.7 Å². The molecular weight excluding hydrogens is 364 g/mol. The van der Waals surface area contributed by atoms with E-state index < -0.39 is 0 Å². The number of aryl methyl sites for hydroxylation is 1. The maximum Gasteiger partial charge on any atom is 0.227 e. The van der Waals surface area contributed by atoms with Gasteiger partial charge in [0.15, 0.2) is 0 Å². The maximum absolute atomic E-state index is 12.3. The van der Waals surface area contributed by atoms with Crippen LogP contribution in [0.3, 0.4) is 0 Å². The molecule has 29 heavy (non-hydrogen) atoms. The topological polar surface area (TPSA) is 65.5 Å². The molecule has 0 atom stereocenters. The molecule has 2 aromatic rings. The summed E-state index contributed by atoms with van der Waals surface area (Å²) >= 11 is 0. The fraction of sp³-hybridized carbons (Fsp3) is 0.435. The van der Waals surface area contributed by atoms with Gasteiger partial charge in [-0.25, -0.2) is 0 Å². The molecular formula is C23H28N4O2. The van der Waals surface area contributed by atoms with E-state index in [1.165, 1.54) is 11.1 Å². The second-order valence-corrected chi connectivity index (χ2v) is 7.74. The molecule has 1 aromatic carbocycles. The standard InChI is InChI=1S/C23H28N4O2/c1-3-21(28)25-11-13-27-12-5-8-17-19(14-24-15-20(17)27)18-7-4-6-16-9-10-22(29)26(2)23(16)18/h4,6-7,14-15H,3,5,8-13H2,1-2H3,(H,25,28). The van der Waals surface area contributed by atoms with Gasteiger partial charge >= 0.3 is 0 Å². The first-order chi connectivity index (χ1) is 14.1. The number of nitrogens with zero attached hydrogens (tertiary/aromatic N) is 3. The molecule has 2 aliphatic heterocycles. The lowest BCUT2D eigenvalue weighted by molar-refractivity contribution is -0.120. The number of hydrogen-bond acceptors (Lipinski definition) is 4. The first-order valence-electron chi connectivity index (χ1n) is 10.5. The van der Waals surface area contributed by atoms with Gasteiger partial charge in [0.05, 0.1) is 17.6 Å². The number of aromatic nitrogens is 1. The molecule has 0 saturated heterocycles. The van der Waals surface area contributed by atoms with E-state index in [1.54, 1.807) is 4.90 Å². The van der Waals surface area contributed by atoms with Crippen LogP contribution in [0.25, 0.3) is 11.1 Å². The largest absolute Gasteiger partial charge is 0.368 e. The zero-order valence-corrected chi connectivity index (χ0v) is 17.2. The quantitative estimate of drug-likeness (QED) is 0.850. The number of pyridine rings is 1. The van der Waals surface area contributed by atoms with E-state index in [4.69, 9.17) is 0 Å². The van der Waals surface area contributed by atoms with Gasteiger partial charge in [-0.15, -0.1) is 0 Å². The molecule has 0 spiro atoms. The Hall–Kier alpha value is -2.89. The lowest BCUT2D eigenvalue weighted by Crippen LogP contribution is -2.37. The number of benzene rings is 1. The van der Waals surface area contributed by atoms with Crippen LogP contribution in [0.15, 0.2) is 30.6 Å². The number of fused-ring (bicyclic) bond motifs is 2. The molecule has 0 unspecified atom stereocenters. The molecule has 152 valence electrons. The van der Waals surface area contributed by atoms with Crippen molar-refractivity contribution in [1.29, 1.82) is 0 Å². The van der Waals surface area contributed by atoms with Gasteiger partial charge < -0.3 is 15.1 Å². The van der Waals surface area contributed by atoms with Crippen molar-refractivity contribution in [1.82, 2.24) is 10.3 Å². The predicted octanol–water partition coefficient (Wildman–Crippen LogP) is 2.94. The van der Waals surface area contributed by atoms with Crippen molar-refractivity contribution >= 4 is 23.2 Å². The Labute approximate surface area is 171 Å². The highest BCUT2D eigenvalue weighted by Gasteiger charge is 2.27. The third-order valence-electron chi connectivity index (χ3n) is 5.98. The summed E-state index contributed by atoms with van der Waals surface area (Å²) < 4.78 is 0. The molecule has 3 heterocycles. The zero-order valence-electron chi connectivity index (χ0n) is 17.2. The normalized spacial score (nSPS) is 15.7. The number of anilines is 2. The average Bonchev–Trinajstić information content (AvgIpc) is 2.75. The molecule has 2 aliphatic rings. The highest BCUT2D eigenvalue weighted by atomic mass is 16.2. The van der Waals surface area contributed by atoms with Crippen molar-refractivity contribution in [3.8, 4) is 11.1 Å². The zero-order chi connectivity index (χ0) is 20.4. The SMILES string of the molecule is CCC(=O)NCCN1CCCc2c(-c3cccc4c3N(C)C(=O)CC4)cncc21. The number of nitrogens with one attached hydrogen (secondary N) is 1. The van der Waals surface area contributed by atoms with Gasteiger partial charge in [0.2, 0.25) is 11.8 Å². The molecule has 4 rings (SSSR count).